The van der Waals surface area contributed by atoms with Gasteiger partial charge in [0, 0.05) is 54.3 Å². The number of likely N-dealkylation sites (tertiary alicyclic amines) is 1. The monoisotopic (exact) mass is 424 g/mol. The van der Waals surface area contributed by atoms with Crippen LogP contribution in [0.1, 0.15) is 40.4 Å². The van der Waals surface area contributed by atoms with E-state index in [1.165, 1.54) is 0 Å². The van der Waals surface area contributed by atoms with Crippen LogP contribution in [0.4, 0.5) is 0 Å². The second-order valence-corrected chi connectivity index (χ2v) is 8.15. The number of benzene rings is 1. The molecule has 0 N–H and O–H groups in total. The molecule has 0 aliphatic carbocycles. The summed E-state index contributed by atoms with van der Waals surface area (Å²) in [5.74, 6) is 1.72. The van der Waals surface area contributed by atoms with Crippen molar-refractivity contribution in [2.45, 2.75) is 25.7 Å². The average molecular weight is 425 g/mol. The highest BCUT2D eigenvalue weighted by molar-refractivity contribution is 5.94. The Morgan fingerprint density at radius 1 is 1.06 bits per heavy atom. The van der Waals surface area contributed by atoms with E-state index in [0.29, 0.717) is 17.9 Å². The Hall–Kier alpha value is -3.80. The quantitative estimate of drug-likeness (QED) is 0.454. The Morgan fingerprint density at radius 3 is 2.69 bits per heavy atom. The predicted molar refractivity (Wildman–Crippen MR) is 122 cm³/mol. The number of pyridine rings is 1. The third-order valence-corrected chi connectivity index (χ3v) is 5.96. The van der Waals surface area contributed by atoms with Crippen LogP contribution in [0, 0.1) is 6.92 Å². The second-order valence-electron chi connectivity index (χ2n) is 8.15. The molecule has 1 atom stereocenters. The van der Waals surface area contributed by atoms with Crippen molar-refractivity contribution >= 4 is 5.91 Å². The Bertz CT molecular complexity index is 1200. The largest absolute Gasteiger partial charge is 0.464 e. The number of hydrogen-bond acceptors (Lipinski definition) is 5. The Labute approximate surface area is 187 Å². The molecule has 0 radical (unpaired) electrons. The molecule has 1 fully saturated rings. The van der Waals surface area contributed by atoms with Crippen LogP contribution in [-0.2, 0) is 0 Å². The molecule has 4 aromatic rings. The van der Waals surface area contributed by atoms with Gasteiger partial charge in [0.05, 0.1) is 12.0 Å². The van der Waals surface area contributed by atoms with Crippen LogP contribution < -0.4 is 0 Å². The van der Waals surface area contributed by atoms with E-state index in [0.717, 1.165) is 47.5 Å². The zero-order valence-corrected chi connectivity index (χ0v) is 17.9. The van der Waals surface area contributed by atoms with E-state index in [2.05, 4.69) is 9.97 Å². The van der Waals surface area contributed by atoms with Crippen LogP contribution in [-0.4, -0.2) is 38.8 Å². The number of hydrogen-bond donors (Lipinski definition) is 0. The highest BCUT2D eigenvalue weighted by Crippen LogP contribution is 2.30. The van der Waals surface area contributed by atoms with Gasteiger partial charge in [-0.15, -0.1) is 0 Å². The molecule has 0 saturated carbocycles. The zero-order valence-electron chi connectivity index (χ0n) is 17.9. The maximum Gasteiger partial charge on any atom is 0.253 e. The molecule has 1 saturated heterocycles. The Balaban J connectivity index is 1.35. The molecule has 5 rings (SSSR count). The van der Waals surface area contributed by atoms with E-state index in [1.54, 1.807) is 18.7 Å². The number of carbonyl (C=O) groups excluding carboxylic acids is 1. The van der Waals surface area contributed by atoms with E-state index in [9.17, 15) is 4.79 Å². The summed E-state index contributed by atoms with van der Waals surface area (Å²) < 4.78 is 5.44. The van der Waals surface area contributed by atoms with Gasteiger partial charge in [-0.25, -0.2) is 9.97 Å². The normalized spacial score (nSPS) is 16.2. The molecule has 1 aliphatic rings. The van der Waals surface area contributed by atoms with Crippen molar-refractivity contribution in [3.05, 3.63) is 90.2 Å². The Morgan fingerprint density at radius 2 is 1.94 bits per heavy atom. The SMILES string of the molecule is Cc1cnc(-c2cccnc2)nc1[C@@H]1CCCN(C(=O)c2ccc(-c3ccco3)cc2)C1. The third-order valence-electron chi connectivity index (χ3n) is 5.96. The van der Waals surface area contributed by atoms with Crippen LogP contribution in [0.2, 0.25) is 0 Å². The summed E-state index contributed by atoms with van der Waals surface area (Å²) in [7, 11) is 0. The highest BCUT2D eigenvalue weighted by Gasteiger charge is 2.28. The van der Waals surface area contributed by atoms with Crippen molar-refractivity contribution in [2.75, 3.05) is 13.1 Å². The van der Waals surface area contributed by atoms with Gasteiger partial charge >= 0.3 is 0 Å². The number of aromatic nitrogens is 3. The summed E-state index contributed by atoms with van der Waals surface area (Å²) in [6, 6.07) is 15.2. The molecule has 3 aromatic heterocycles. The summed E-state index contributed by atoms with van der Waals surface area (Å²) in [6.07, 6.45) is 9.00. The average Bonchev–Trinajstić information content (AvgIpc) is 3.40. The second kappa shape index (κ2) is 8.75. The minimum Gasteiger partial charge on any atom is -0.464 e. The molecule has 4 heterocycles. The van der Waals surface area contributed by atoms with Crippen LogP contribution in [0.15, 0.2) is 77.8 Å². The number of amides is 1. The number of carbonyl (C=O) groups is 1. The van der Waals surface area contributed by atoms with Crippen LogP contribution in [0.5, 0.6) is 0 Å². The van der Waals surface area contributed by atoms with Crippen molar-refractivity contribution in [2.24, 2.45) is 0 Å². The Kier molecular flexibility index (Phi) is 5.50. The zero-order chi connectivity index (χ0) is 21.9. The number of furan rings is 1. The molecular formula is C26H24N4O2. The minimum absolute atomic E-state index is 0.0555. The lowest BCUT2D eigenvalue weighted by Gasteiger charge is -2.33. The van der Waals surface area contributed by atoms with Crippen molar-refractivity contribution in [1.29, 1.82) is 0 Å². The van der Waals surface area contributed by atoms with Crippen LogP contribution in [0.25, 0.3) is 22.7 Å². The van der Waals surface area contributed by atoms with Gasteiger partial charge in [-0.05, 0) is 61.7 Å². The molecule has 0 unspecified atom stereocenters. The fourth-order valence-corrected chi connectivity index (χ4v) is 4.29. The van der Waals surface area contributed by atoms with Crippen LogP contribution >= 0.6 is 0 Å². The molecule has 6 nitrogen and oxygen atoms in total. The minimum atomic E-state index is 0.0555. The number of aryl methyl sites for hydroxylation is 1. The van der Waals surface area contributed by atoms with Crippen molar-refractivity contribution in [3.8, 4) is 22.7 Å². The maximum absolute atomic E-state index is 13.2. The van der Waals surface area contributed by atoms with E-state index < -0.39 is 0 Å². The molecular weight excluding hydrogens is 400 g/mol. The van der Waals surface area contributed by atoms with Crippen molar-refractivity contribution in [1.82, 2.24) is 19.9 Å². The van der Waals surface area contributed by atoms with Crippen molar-refractivity contribution < 1.29 is 9.21 Å². The smallest absolute Gasteiger partial charge is 0.253 e. The fourth-order valence-electron chi connectivity index (χ4n) is 4.29. The number of rotatable bonds is 4. The van der Waals surface area contributed by atoms with E-state index in [-0.39, 0.29) is 11.8 Å². The molecule has 0 bridgehead atoms. The first kappa shape index (κ1) is 20.1. The predicted octanol–water partition coefficient (Wildman–Crippen LogP) is 5.13. The summed E-state index contributed by atoms with van der Waals surface area (Å²) in [4.78, 5) is 28.7. The molecule has 32 heavy (non-hydrogen) atoms. The van der Waals surface area contributed by atoms with Crippen molar-refractivity contribution in [3.63, 3.8) is 0 Å². The molecule has 1 aliphatic heterocycles. The molecule has 0 spiro atoms. The van der Waals surface area contributed by atoms with E-state index in [1.807, 2.05) is 66.6 Å². The standard InChI is InChI=1S/C26H24N4O2/c1-18-15-28-25(21-5-2-12-27-16-21)29-24(18)22-6-3-13-30(17-22)26(31)20-10-8-19(9-11-20)23-7-4-14-32-23/h2,4-5,7-12,14-16,22H,3,6,13,17H2,1H3/t22-/m1/s1. The van der Waals surface area contributed by atoms with Gasteiger partial charge in [0.1, 0.15) is 5.76 Å². The lowest BCUT2D eigenvalue weighted by Crippen LogP contribution is -2.39. The first-order chi connectivity index (χ1) is 15.7. The molecule has 6 heteroatoms. The summed E-state index contributed by atoms with van der Waals surface area (Å²) in [5.41, 5.74) is 4.62. The highest BCUT2D eigenvalue weighted by atomic mass is 16.3. The molecule has 1 amide bonds. The summed E-state index contributed by atoms with van der Waals surface area (Å²) >= 11 is 0. The van der Waals surface area contributed by atoms with Crippen LogP contribution in [0.3, 0.4) is 0 Å². The van der Waals surface area contributed by atoms with Gasteiger partial charge in [0.15, 0.2) is 5.82 Å². The molecule has 160 valence electrons. The maximum atomic E-state index is 13.2. The van der Waals surface area contributed by atoms with Gasteiger partial charge in [-0.2, -0.15) is 0 Å². The van der Waals surface area contributed by atoms with Gasteiger partial charge in [0.2, 0.25) is 0 Å². The van der Waals surface area contributed by atoms with Gasteiger partial charge < -0.3 is 9.32 Å². The first-order valence-electron chi connectivity index (χ1n) is 10.9. The van der Waals surface area contributed by atoms with E-state index in [4.69, 9.17) is 9.40 Å². The number of nitrogens with zero attached hydrogens (tertiary/aromatic N) is 4. The van der Waals surface area contributed by atoms with E-state index >= 15 is 0 Å². The van der Waals surface area contributed by atoms with Gasteiger partial charge in [-0.3, -0.25) is 9.78 Å². The molecule has 1 aromatic carbocycles. The van der Waals surface area contributed by atoms with Gasteiger partial charge in [-0.1, -0.05) is 12.1 Å². The first-order valence-corrected chi connectivity index (χ1v) is 10.9. The number of piperidine rings is 1. The third kappa shape index (κ3) is 4.04. The summed E-state index contributed by atoms with van der Waals surface area (Å²) in [5, 5.41) is 0. The van der Waals surface area contributed by atoms with Gasteiger partial charge in [0.25, 0.3) is 5.91 Å². The summed E-state index contributed by atoms with van der Waals surface area (Å²) in [6.45, 7) is 3.45. The lowest BCUT2D eigenvalue weighted by atomic mass is 9.91. The lowest BCUT2D eigenvalue weighted by molar-refractivity contribution is 0.0705. The fraction of sp³-hybridized carbons (Fsp3) is 0.231. The topological polar surface area (TPSA) is 72.1 Å².